The first-order valence-corrected chi connectivity index (χ1v) is 7.40. The zero-order valence-corrected chi connectivity index (χ0v) is 11.7. The molecule has 3 N–H and O–H groups in total. The molecule has 1 saturated heterocycles. The van der Waals surface area contributed by atoms with Crippen molar-refractivity contribution in [1.29, 1.82) is 0 Å². The second kappa shape index (κ2) is 6.37. The van der Waals surface area contributed by atoms with E-state index in [1.165, 1.54) is 0 Å². The van der Waals surface area contributed by atoms with Crippen LogP contribution in [-0.2, 0) is 9.59 Å². The lowest BCUT2D eigenvalue weighted by Gasteiger charge is -2.24. The van der Waals surface area contributed by atoms with Crippen LogP contribution >= 0.6 is 0 Å². The topological polar surface area (TPSA) is 75.4 Å². The van der Waals surface area contributed by atoms with Crippen molar-refractivity contribution in [3.8, 4) is 0 Å². The summed E-state index contributed by atoms with van der Waals surface area (Å²) in [4.78, 5) is 25.6. The summed E-state index contributed by atoms with van der Waals surface area (Å²) in [6.45, 7) is 4.02. The number of amides is 2. The van der Waals surface area contributed by atoms with Gasteiger partial charge in [-0.05, 0) is 38.6 Å². The van der Waals surface area contributed by atoms with Crippen LogP contribution in [0.3, 0.4) is 0 Å². The van der Waals surface area contributed by atoms with Crippen LogP contribution in [0.4, 0.5) is 0 Å². The second-order valence-corrected chi connectivity index (χ2v) is 5.89. The Morgan fingerprint density at radius 3 is 2.89 bits per heavy atom. The minimum Gasteiger partial charge on any atom is -0.352 e. The van der Waals surface area contributed by atoms with Gasteiger partial charge in [0.15, 0.2) is 0 Å². The van der Waals surface area contributed by atoms with E-state index in [2.05, 4.69) is 5.32 Å². The molecule has 2 amide bonds. The van der Waals surface area contributed by atoms with E-state index >= 15 is 0 Å². The third-order valence-electron chi connectivity index (χ3n) is 4.35. The summed E-state index contributed by atoms with van der Waals surface area (Å²) < 4.78 is 0. The Bertz CT molecular complexity index is 346. The van der Waals surface area contributed by atoms with Gasteiger partial charge in [-0.25, -0.2) is 0 Å². The molecule has 1 saturated carbocycles. The first kappa shape index (κ1) is 14.3. The van der Waals surface area contributed by atoms with Crippen LogP contribution in [-0.4, -0.2) is 42.4 Å². The standard InChI is InChI=1S/C14H25N3O2/c1-10(9-17-7-3-6-13(17)18)16-14(19)12-5-2-4-11(12)8-15/h10-12H,2-9,15H2,1H3,(H,16,19). The van der Waals surface area contributed by atoms with Crippen molar-refractivity contribution in [2.24, 2.45) is 17.6 Å². The maximum absolute atomic E-state index is 12.2. The fraction of sp³-hybridized carbons (Fsp3) is 0.857. The predicted molar refractivity (Wildman–Crippen MR) is 73.3 cm³/mol. The van der Waals surface area contributed by atoms with E-state index in [1.54, 1.807) is 0 Å². The average molecular weight is 267 g/mol. The minimum atomic E-state index is 0.0218. The van der Waals surface area contributed by atoms with E-state index in [-0.39, 0.29) is 23.8 Å². The lowest BCUT2D eigenvalue weighted by atomic mass is 9.95. The number of hydrogen-bond donors (Lipinski definition) is 2. The van der Waals surface area contributed by atoms with Crippen LogP contribution < -0.4 is 11.1 Å². The third kappa shape index (κ3) is 3.47. The second-order valence-electron chi connectivity index (χ2n) is 5.89. The fourth-order valence-electron chi connectivity index (χ4n) is 3.29. The first-order chi connectivity index (χ1) is 9.11. The number of nitrogens with two attached hydrogens (primary N) is 1. The molecule has 3 unspecified atom stereocenters. The molecule has 2 fully saturated rings. The van der Waals surface area contributed by atoms with Crippen molar-refractivity contribution in [3.63, 3.8) is 0 Å². The summed E-state index contributed by atoms with van der Waals surface area (Å²) >= 11 is 0. The predicted octanol–water partition coefficient (Wildman–Crippen LogP) is 0.489. The Balaban J connectivity index is 1.79. The molecule has 0 aromatic heterocycles. The van der Waals surface area contributed by atoms with E-state index < -0.39 is 0 Å². The smallest absolute Gasteiger partial charge is 0.223 e. The summed E-state index contributed by atoms with van der Waals surface area (Å²) in [7, 11) is 0. The molecule has 1 aliphatic heterocycles. The van der Waals surface area contributed by atoms with E-state index in [1.807, 2.05) is 11.8 Å². The molecule has 0 radical (unpaired) electrons. The highest BCUT2D eigenvalue weighted by Gasteiger charge is 2.32. The molecule has 0 aromatic carbocycles. The lowest BCUT2D eigenvalue weighted by Crippen LogP contribution is -2.45. The molecule has 108 valence electrons. The maximum atomic E-state index is 12.2. The van der Waals surface area contributed by atoms with Gasteiger partial charge in [0, 0.05) is 31.5 Å². The molecule has 3 atom stereocenters. The average Bonchev–Trinajstić information content (AvgIpc) is 2.98. The Labute approximate surface area is 114 Å². The van der Waals surface area contributed by atoms with Crippen molar-refractivity contribution >= 4 is 11.8 Å². The van der Waals surface area contributed by atoms with Crippen LogP contribution in [0.2, 0.25) is 0 Å². The van der Waals surface area contributed by atoms with Gasteiger partial charge in [-0.3, -0.25) is 9.59 Å². The van der Waals surface area contributed by atoms with E-state index in [0.717, 1.165) is 32.2 Å². The Morgan fingerprint density at radius 2 is 2.26 bits per heavy atom. The number of hydrogen-bond acceptors (Lipinski definition) is 3. The van der Waals surface area contributed by atoms with Gasteiger partial charge in [-0.1, -0.05) is 6.42 Å². The van der Waals surface area contributed by atoms with E-state index in [0.29, 0.717) is 25.4 Å². The fourth-order valence-corrected chi connectivity index (χ4v) is 3.29. The molecule has 2 rings (SSSR count). The Kier molecular flexibility index (Phi) is 4.80. The Morgan fingerprint density at radius 1 is 1.47 bits per heavy atom. The SMILES string of the molecule is CC(CN1CCCC1=O)NC(=O)C1CCCC1CN. The van der Waals surface area contributed by atoms with Gasteiger partial charge in [0.1, 0.15) is 0 Å². The minimum absolute atomic E-state index is 0.0218. The number of nitrogens with one attached hydrogen (secondary N) is 1. The first-order valence-electron chi connectivity index (χ1n) is 7.40. The van der Waals surface area contributed by atoms with Crippen molar-refractivity contribution in [1.82, 2.24) is 10.2 Å². The molecule has 1 aliphatic carbocycles. The van der Waals surface area contributed by atoms with Gasteiger partial charge in [-0.2, -0.15) is 0 Å². The highest BCUT2D eigenvalue weighted by atomic mass is 16.2. The van der Waals surface area contributed by atoms with E-state index in [9.17, 15) is 9.59 Å². The van der Waals surface area contributed by atoms with Crippen molar-refractivity contribution < 1.29 is 9.59 Å². The van der Waals surface area contributed by atoms with Crippen molar-refractivity contribution in [3.05, 3.63) is 0 Å². The number of carbonyl (C=O) groups is 2. The van der Waals surface area contributed by atoms with Gasteiger partial charge in [-0.15, -0.1) is 0 Å². The summed E-state index contributed by atoms with van der Waals surface area (Å²) in [6, 6.07) is 0.0218. The third-order valence-corrected chi connectivity index (χ3v) is 4.35. The molecule has 0 bridgehead atoms. The van der Waals surface area contributed by atoms with Crippen LogP contribution in [0.5, 0.6) is 0 Å². The molecular formula is C14H25N3O2. The monoisotopic (exact) mass is 267 g/mol. The Hall–Kier alpha value is -1.10. The van der Waals surface area contributed by atoms with Crippen molar-refractivity contribution in [2.45, 2.75) is 45.1 Å². The van der Waals surface area contributed by atoms with Crippen LogP contribution in [0.25, 0.3) is 0 Å². The molecule has 1 heterocycles. The highest BCUT2D eigenvalue weighted by molar-refractivity contribution is 5.80. The van der Waals surface area contributed by atoms with Crippen LogP contribution in [0.1, 0.15) is 39.0 Å². The van der Waals surface area contributed by atoms with Gasteiger partial charge in [0.2, 0.25) is 11.8 Å². The van der Waals surface area contributed by atoms with Crippen molar-refractivity contribution in [2.75, 3.05) is 19.6 Å². The zero-order valence-electron chi connectivity index (χ0n) is 11.7. The maximum Gasteiger partial charge on any atom is 0.223 e. The summed E-state index contributed by atoms with van der Waals surface area (Å²) in [5.74, 6) is 0.733. The molecular weight excluding hydrogens is 242 g/mol. The molecule has 2 aliphatic rings. The number of likely N-dealkylation sites (tertiary alicyclic amines) is 1. The summed E-state index contributed by atoms with van der Waals surface area (Å²) in [6.07, 6.45) is 4.70. The lowest BCUT2D eigenvalue weighted by molar-refractivity contribution is -0.130. The largest absolute Gasteiger partial charge is 0.352 e. The van der Waals surface area contributed by atoms with Gasteiger partial charge in [0.05, 0.1) is 0 Å². The number of nitrogens with zero attached hydrogens (tertiary/aromatic N) is 1. The highest BCUT2D eigenvalue weighted by Crippen LogP contribution is 2.31. The molecule has 5 heteroatoms. The number of rotatable bonds is 5. The molecule has 0 spiro atoms. The molecule has 19 heavy (non-hydrogen) atoms. The summed E-state index contributed by atoms with van der Waals surface area (Å²) in [5.41, 5.74) is 5.71. The van der Waals surface area contributed by atoms with Gasteiger partial charge < -0.3 is 16.0 Å². The molecule has 5 nitrogen and oxygen atoms in total. The normalized spacial score (nSPS) is 28.7. The van der Waals surface area contributed by atoms with Gasteiger partial charge in [0.25, 0.3) is 0 Å². The van der Waals surface area contributed by atoms with Crippen LogP contribution in [0, 0.1) is 11.8 Å². The quantitative estimate of drug-likeness (QED) is 0.761. The number of carbonyl (C=O) groups excluding carboxylic acids is 2. The van der Waals surface area contributed by atoms with Gasteiger partial charge >= 0.3 is 0 Å². The van der Waals surface area contributed by atoms with E-state index in [4.69, 9.17) is 5.73 Å². The molecule has 0 aromatic rings. The van der Waals surface area contributed by atoms with Crippen LogP contribution in [0.15, 0.2) is 0 Å². The zero-order chi connectivity index (χ0) is 13.8. The summed E-state index contributed by atoms with van der Waals surface area (Å²) in [5, 5.41) is 3.05.